The standard InChI is InChI=1S/C10H17N3O5/c1-10(2)17-7-6(14)5(4-12-13-11)16-9(15-3)8(7)18-10/h5-9,14H,4H2,1-3H3/t5?,6-,7+,8?,9+/m1/s1. The zero-order valence-corrected chi connectivity index (χ0v) is 10.5. The second-order valence-corrected chi connectivity index (χ2v) is 4.75. The van der Waals surface area contributed by atoms with Crippen molar-refractivity contribution in [1.82, 2.24) is 0 Å². The topological polar surface area (TPSA) is 106 Å². The number of hydrogen-bond donors (Lipinski definition) is 1. The van der Waals surface area contributed by atoms with E-state index in [9.17, 15) is 5.11 Å². The highest BCUT2D eigenvalue weighted by atomic mass is 16.8. The summed E-state index contributed by atoms with van der Waals surface area (Å²) in [6, 6.07) is 0. The predicted octanol–water partition coefficient (Wildman–Crippen LogP) is 0.549. The van der Waals surface area contributed by atoms with E-state index in [4.69, 9.17) is 24.5 Å². The Bertz CT molecular complexity index is 357. The van der Waals surface area contributed by atoms with Crippen molar-refractivity contribution in [1.29, 1.82) is 0 Å². The molecule has 8 nitrogen and oxygen atoms in total. The van der Waals surface area contributed by atoms with Gasteiger partial charge >= 0.3 is 0 Å². The lowest BCUT2D eigenvalue weighted by atomic mass is 9.99. The molecule has 0 bridgehead atoms. The molecule has 5 atom stereocenters. The molecule has 0 radical (unpaired) electrons. The second kappa shape index (κ2) is 5.00. The Morgan fingerprint density at radius 3 is 2.67 bits per heavy atom. The Kier molecular flexibility index (Phi) is 3.76. The first-order valence-electron chi connectivity index (χ1n) is 5.71. The molecule has 8 heteroatoms. The van der Waals surface area contributed by atoms with Gasteiger partial charge in [-0.2, -0.15) is 0 Å². The molecular weight excluding hydrogens is 242 g/mol. The van der Waals surface area contributed by atoms with Crippen LogP contribution in [-0.2, 0) is 18.9 Å². The van der Waals surface area contributed by atoms with Crippen LogP contribution in [0.4, 0.5) is 0 Å². The SMILES string of the molecule is CO[C@H]1OC(CN=[N+]=[N-])[C@@H](O)[C@@H]2OC(C)(C)OC12. The minimum absolute atomic E-state index is 0.0184. The van der Waals surface area contributed by atoms with Crippen LogP contribution < -0.4 is 0 Å². The molecule has 2 aliphatic rings. The molecule has 1 N–H and O–H groups in total. The maximum absolute atomic E-state index is 10.1. The largest absolute Gasteiger partial charge is 0.388 e. The van der Waals surface area contributed by atoms with E-state index in [1.54, 1.807) is 13.8 Å². The highest BCUT2D eigenvalue weighted by Crippen LogP contribution is 2.37. The van der Waals surface area contributed by atoms with E-state index in [1.165, 1.54) is 7.11 Å². The number of ether oxygens (including phenoxy) is 4. The number of azide groups is 1. The van der Waals surface area contributed by atoms with Gasteiger partial charge in [-0.05, 0) is 19.4 Å². The van der Waals surface area contributed by atoms with Crippen molar-refractivity contribution in [3.63, 3.8) is 0 Å². The maximum Gasteiger partial charge on any atom is 0.186 e. The van der Waals surface area contributed by atoms with Crippen LogP contribution in [0.5, 0.6) is 0 Å². The van der Waals surface area contributed by atoms with Crippen molar-refractivity contribution < 1.29 is 24.1 Å². The van der Waals surface area contributed by atoms with E-state index in [0.29, 0.717) is 0 Å². The summed E-state index contributed by atoms with van der Waals surface area (Å²) < 4.78 is 22.0. The summed E-state index contributed by atoms with van der Waals surface area (Å²) in [4.78, 5) is 2.65. The van der Waals surface area contributed by atoms with Gasteiger partial charge in [0.2, 0.25) is 0 Å². The summed E-state index contributed by atoms with van der Waals surface area (Å²) in [6.07, 6.45) is -3.29. The Labute approximate surface area is 104 Å². The number of aliphatic hydroxyl groups excluding tert-OH is 1. The fourth-order valence-electron chi connectivity index (χ4n) is 2.29. The third kappa shape index (κ3) is 2.44. The highest BCUT2D eigenvalue weighted by molar-refractivity contribution is 4.96. The van der Waals surface area contributed by atoms with Crippen LogP contribution in [0.3, 0.4) is 0 Å². The van der Waals surface area contributed by atoms with Crippen molar-refractivity contribution in [3.8, 4) is 0 Å². The first kappa shape index (κ1) is 13.5. The van der Waals surface area contributed by atoms with Crippen molar-refractivity contribution in [2.24, 2.45) is 5.11 Å². The molecule has 0 aromatic heterocycles. The monoisotopic (exact) mass is 259 g/mol. The average molecular weight is 259 g/mol. The molecule has 2 saturated heterocycles. The number of aliphatic hydroxyl groups is 1. The Morgan fingerprint density at radius 2 is 2.06 bits per heavy atom. The van der Waals surface area contributed by atoms with E-state index >= 15 is 0 Å². The lowest BCUT2D eigenvalue weighted by Crippen LogP contribution is -2.57. The summed E-state index contributed by atoms with van der Waals surface area (Å²) >= 11 is 0. The summed E-state index contributed by atoms with van der Waals surface area (Å²) in [6.45, 7) is 3.53. The van der Waals surface area contributed by atoms with Gasteiger partial charge in [-0.25, -0.2) is 0 Å². The summed E-state index contributed by atoms with van der Waals surface area (Å²) in [5, 5.41) is 13.6. The van der Waals surface area contributed by atoms with Gasteiger partial charge in [0.1, 0.15) is 18.3 Å². The number of nitrogens with zero attached hydrogens (tertiary/aromatic N) is 3. The van der Waals surface area contributed by atoms with Crippen LogP contribution in [0.2, 0.25) is 0 Å². The van der Waals surface area contributed by atoms with Gasteiger partial charge in [-0.15, -0.1) is 0 Å². The van der Waals surface area contributed by atoms with Crippen LogP contribution in [0.15, 0.2) is 5.11 Å². The molecule has 0 aromatic carbocycles. The first-order chi connectivity index (χ1) is 8.48. The molecule has 0 amide bonds. The number of fused-ring (bicyclic) bond motifs is 1. The van der Waals surface area contributed by atoms with Crippen molar-refractivity contribution in [3.05, 3.63) is 10.4 Å². The quantitative estimate of drug-likeness (QED) is 0.452. The summed E-state index contributed by atoms with van der Waals surface area (Å²) in [7, 11) is 1.48. The smallest absolute Gasteiger partial charge is 0.186 e. The average Bonchev–Trinajstić information content (AvgIpc) is 2.65. The molecule has 2 unspecified atom stereocenters. The lowest BCUT2D eigenvalue weighted by Gasteiger charge is -2.38. The molecule has 2 fully saturated rings. The Hall–Kier alpha value is -0.890. The fraction of sp³-hybridized carbons (Fsp3) is 1.00. The first-order valence-corrected chi connectivity index (χ1v) is 5.71. The molecule has 102 valence electrons. The molecule has 0 saturated carbocycles. The zero-order chi connectivity index (χ0) is 13.3. The van der Waals surface area contributed by atoms with Crippen LogP contribution in [0.1, 0.15) is 13.8 Å². The van der Waals surface area contributed by atoms with Crippen molar-refractivity contribution in [2.75, 3.05) is 13.7 Å². The summed E-state index contributed by atoms with van der Waals surface area (Å²) in [5.74, 6) is -0.802. The van der Waals surface area contributed by atoms with Gasteiger partial charge in [-0.3, -0.25) is 0 Å². The van der Waals surface area contributed by atoms with Crippen LogP contribution >= 0.6 is 0 Å². The third-order valence-electron chi connectivity index (χ3n) is 3.02. The maximum atomic E-state index is 10.1. The fourth-order valence-corrected chi connectivity index (χ4v) is 2.29. The zero-order valence-electron chi connectivity index (χ0n) is 10.5. The van der Waals surface area contributed by atoms with Gasteiger partial charge in [0.05, 0.1) is 12.6 Å². The van der Waals surface area contributed by atoms with E-state index in [-0.39, 0.29) is 6.54 Å². The van der Waals surface area contributed by atoms with E-state index in [1.807, 2.05) is 0 Å². The molecule has 18 heavy (non-hydrogen) atoms. The Balaban J connectivity index is 2.16. The summed E-state index contributed by atoms with van der Waals surface area (Å²) in [5.41, 5.74) is 8.31. The van der Waals surface area contributed by atoms with E-state index in [0.717, 1.165) is 0 Å². The molecule has 0 aromatic rings. The second-order valence-electron chi connectivity index (χ2n) is 4.75. The highest BCUT2D eigenvalue weighted by Gasteiger charge is 2.54. The van der Waals surface area contributed by atoms with Crippen LogP contribution in [0.25, 0.3) is 10.4 Å². The van der Waals surface area contributed by atoms with Gasteiger partial charge in [0.15, 0.2) is 12.1 Å². The lowest BCUT2D eigenvalue weighted by molar-refractivity contribution is -0.264. The molecule has 2 rings (SSSR count). The van der Waals surface area contributed by atoms with Crippen LogP contribution in [0, 0.1) is 0 Å². The Morgan fingerprint density at radius 1 is 1.39 bits per heavy atom. The van der Waals surface area contributed by atoms with Gasteiger partial charge in [-0.1, -0.05) is 5.11 Å². The van der Waals surface area contributed by atoms with Gasteiger partial charge < -0.3 is 24.1 Å². The molecule has 2 heterocycles. The van der Waals surface area contributed by atoms with E-state index < -0.39 is 36.5 Å². The third-order valence-corrected chi connectivity index (χ3v) is 3.02. The van der Waals surface area contributed by atoms with Gasteiger partial charge in [0, 0.05) is 12.0 Å². The number of hydrogen-bond acceptors (Lipinski definition) is 6. The van der Waals surface area contributed by atoms with Gasteiger partial charge in [0.25, 0.3) is 0 Å². The minimum atomic E-state index is -0.923. The van der Waals surface area contributed by atoms with E-state index in [2.05, 4.69) is 10.0 Å². The minimum Gasteiger partial charge on any atom is -0.388 e. The molecule has 0 spiro atoms. The van der Waals surface area contributed by atoms with Crippen molar-refractivity contribution >= 4 is 0 Å². The molecule has 0 aliphatic carbocycles. The normalized spacial score (nSPS) is 42.1. The number of methoxy groups -OCH3 is 1. The number of rotatable bonds is 3. The van der Waals surface area contributed by atoms with Crippen LogP contribution in [-0.4, -0.2) is 55.3 Å². The predicted molar refractivity (Wildman–Crippen MR) is 59.5 cm³/mol. The molecule has 2 aliphatic heterocycles. The van der Waals surface area contributed by atoms with Crippen molar-refractivity contribution in [2.45, 2.75) is 50.3 Å². The molecular formula is C10H17N3O5.